The van der Waals surface area contributed by atoms with E-state index in [-0.39, 0.29) is 30.4 Å². The highest BCUT2D eigenvalue weighted by molar-refractivity contribution is 5.96. The van der Waals surface area contributed by atoms with Crippen LogP contribution in [0.25, 0.3) is 0 Å². The lowest BCUT2D eigenvalue weighted by atomic mass is 10.1. The SMILES string of the molecule is Cc1n[nH]c(C)c1CNC(O)c1cn2c(c(O)c1=O)C(=O)N1[C@@H](C)CO[C@@H]1C2. The standard InChI is InChI=1S/C18H23N5O5/c1-8-7-28-13-6-22-5-12(15(24)16(25)14(22)18(27)23(8)13)17(26)19-4-11-9(2)20-21-10(11)3/h5,8,13,17,19,25-26H,4,6-7H2,1-3H3,(H,20,21)/t8-,13+,17?/m0/s1. The van der Waals surface area contributed by atoms with Crippen LogP contribution in [0.15, 0.2) is 11.0 Å². The Morgan fingerprint density at radius 3 is 2.86 bits per heavy atom. The predicted molar refractivity (Wildman–Crippen MR) is 97.6 cm³/mol. The maximum Gasteiger partial charge on any atom is 0.276 e. The monoisotopic (exact) mass is 389 g/mol. The van der Waals surface area contributed by atoms with Crippen molar-refractivity contribution >= 4 is 5.91 Å². The summed E-state index contributed by atoms with van der Waals surface area (Å²) in [6, 6.07) is -0.130. The highest BCUT2D eigenvalue weighted by atomic mass is 16.5. The molecule has 2 aromatic rings. The summed E-state index contributed by atoms with van der Waals surface area (Å²) in [6.07, 6.45) is -0.362. The molecule has 4 rings (SSSR count). The number of fused-ring (bicyclic) bond motifs is 2. The van der Waals surface area contributed by atoms with Crippen LogP contribution >= 0.6 is 0 Å². The first-order valence-electron chi connectivity index (χ1n) is 9.12. The van der Waals surface area contributed by atoms with Crippen LogP contribution in [0.5, 0.6) is 5.75 Å². The zero-order valence-electron chi connectivity index (χ0n) is 15.9. The second-order valence-corrected chi connectivity index (χ2v) is 7.31. The number of aromatic hydroxyl groups is 1. The number of aliphatic hydroxyl groups excluding tert-OH is 1. The highest BCUT2D eigenvalue weighted by Crippen LogP contribution is 2.30. The van der Waals surface area contributed by atoms with Crippen LogP contribution in [0.4, 0.5) is 0 Å². The van der Waals surface area contributed by atoms with Crippen molar-refractivity contribution < 1.29 is 19.7 Å². The van der Waals surface area contributed by atoms with Gasteiger partial charge in [0.15, 0.2) is 17.7 Å². The molecule has 0 bridgehead atoms. The Bertz CT molecular complexity index is 977. The number of pyridine rings is 1. The average Bonchev–Trinajstić information content (AvgIpc) is 3.18. The molecule has 0 spiro atoms. The van der Waals surface area contributed by atoms with Crippen molar-refractivity contribution in [1.29, 1.82) is 0 Å². The number of nitrogens with zero attached hydrogens (tertiary/aromatic N) is 3. The van der Waals surface area contributed by atoms with Crippen molar-refractivity contribution in [1.82, 2.24) is 25.0 Å². The van der Waals surface area contributed by atoms with Crippen molar-refractivity contribution in [3.8, 4) is 5.75 Å². The first-order chi connectivity index (χ1) is 13.3. The molecule has 2 aliphatic rings. The summed E-state index contributed by atoms with van der Waals surface area (Å²) in [6.45, 7) is 6.52. The molecule has 1 saturated heterocycles. The lowest BCUT2D eigenvalue weighted by Gasteiger charge is -2.34. The molecule has 28 heavy (non-hydrogen) atoms. The van der Waals surface area contributed by atoms with E-state index in [1.807, 2.05) is 20.8 Å². The molecule has 3 atom stereocenters. The van der Waals surface area contributed by atoms with Crippen LogP contribution < -0.4 is 10.7 Å². The minimum Gasteiger partial charge on any atom is -0.503 e. The number of rotatable bonds is 4. The molecule has 0 aromatic carbocycles. The largest absolute Gasteiger partial charge is 0.503 e. The second-order valence-electron chi connectivity index (χ2n) is 7.31. The molecule has 0 saturated carbocycles. The van der Waals surface area contributed by atoms with Crippen LogP contribution in [0, 0.1) is 13.8 Å². The van der Waals surface area contributed by atoms with Crippen LogP contribution in [0.3, 0.4) is 0 Å². The van der Waals surface area contributed by atoms with Gasteiger partial charge in [-0.2, -0.15) is 5.10 Å². The molecule has 0 radical (unpaired) electrons. The fourth-order valence-electron chi connectivity index (χ4n) is 3.83. The zero-order chi connectivity index (χ0) is 20.2. The topological polar surface area (TPSA) is 133 Å². The van der Waals surface area contributed by atoms with Crippen molar-refractivity contribution in [2.24, 2.45) is 0 Å². The van der Waals surface area contributed by atoms with Crippen molar-refractivity contribution in [2.45, 2.75) is 52.4 Å². The number of aryl methyl sites for hydroxylation is 2. The summed E-state index contributed by atoms with van der Waals surface area (Å²) < 4.78 is 7.10. The summed E-state index contributed by atoms with van der Waals surface area (Å²) in [7, 11) is 0. The van der Waals surface area contributed by atoms with Gasteiger partial charge >= 0.3 is 0 Å². The predicted octanol–water partition coefficient (Wildman–Crippen LogP) is -0.125. The number of carbonyl (C=O) groups is 1. The van der Waals surface area contributed by atoms with Gasteiger partial charge in [0.1, 0.15) is 6.23 Å². The zero-order valence-corrected chi connectivity index (χ0v) is 15.9. The van der Waals surface area contributed by atoms with Gasteiger partial charge in [-0.1, -0.05) is 0 Å². The molecule has 4 heterocycles. The van der Waals surface area contributed by atoms with Crippen molar-refractivity contribution in [3.05, 3.63) is 44.6 Å². The molecular weight excluding hydrogens is 366 g/mol. The molecule has 2 aromatic heterocycles. The normalized spacial score (nSPS) is 22.3. The average molecular weight is 389 g/mol. The number of carbonyl (C=O) groups excluding carboxylic acids is 1. The molecule has 10 nitrogen and oxygen atoms in total. The van der Waals surface area contributed by atoms with E-state index in [4.69, 9.17) is 4.74 Å². The van der Waals surface area contributed by atoms with E-state index in [2.05, 4.69) is 15.5 Å². The third-order valence-corrected chi connectivity index (χ3v) is 5.44. The second kappa shape index (κ2) is 6.73. The number of hydrogen-bond donors (Lipinski definition) is 4. The molecule has 10 heteroatoms. The summed E-state index contributed by atoms with van der Waals surface area (Å²) in [5, 5.41) is 30.7. The Morgan fingerprint density at radius 1 is 1.43 bits per heavy atom. The van der Waals surface area contributed by atoms with Gasteiger partial charge in [0.25, 0.3) is 5.91 Å². The molecule has 0 aliphatic carbocycles. The molecule has 150 valence electrons. The third-order valence-electron chi connectivity index (χ3n) is 5.44. The highest BCUT2D eigenvalue weighted by Gasteiger charge is 2.42. The number of aromatic amines is 1. The lowest BCUT2D eigenvalue weighted by molar-refractivity contribution is 0.00600. The number of aliphatic hydroxyl groups is 1. The molecule has 2 aliphatic heterocycles. The van der Waals surface area contributed by atoms with Gasteiger partial charge in [0, 0.05) is 24.0 Å². The fourth-order valence-corrected chi connectivity index (χ4v) is 3.83. The number of ether oxygens (including phenoxy) is 1. The molecule has 1 amide bonds. The quantitative estimate of drug-likeness (QED) is 0.536. The Labute approximate surface area is 160 Å². The third kappa shape index (κ3) is 2.81. The van der Waals surface area contributed by atoms with Crippen LogP contribution in [-0.4, -0.2) is 54.7 Å². The number of aromatic nitrogens is 3. The van der Waals surface area contributed by atoms with E-state index in [0.29, 0.717) is 6.61 Å². The summed E-state index contributed by atoms with van der Waals surface area (Å²) in [4.78, 5) is 26.9. The van der Waals surface area contributed by atoms with Crippen molar-refractivity contribution in [3.63, 3.8) is 0 Å². The smallest absolute Gasteiger partial charge is 0.276 e. The Hall–Kier alpha value is -2.69. The Morgan fingerprint density at radius 2 is 2.18 bits per heavy atom. The number of H-pyrrole nitrogens is 1. The first-order valence-corrected chi connectivity index (χ1v) is 9.12. The summed E-state index contributed by atoms with van der Waals surface area (Å²) in [5.41, 5.74) is 1.66. The molecule has 4 N–H and O–H groups in total. The minimum atomic E-state index is -1.32. The number of amides is 1. The van der Waals surface area contributed by atoms with Gasteiger partial charge in [-0.05, 0) is 20.8 Å². The summed E-state index contributed by atoms with van der Waals surface area (Å²) in [5.74, 6) is -1.11. The minimum absolute atomic E-state index is 0.0349. The number of hydrogen-bond acceptors (Lipinski definition) is 7. The van der Waals surface area contributed by atoms with Crippen LogP contribution in [0.2, 0.25) is 0 Å². The molecule has 1 fully saturated rings. The lowest BCUT2D eigenvalue weighted by Crippen LogP contribution is -2.48. The number of nitrogens with one attached hydrogen (secondary N) is 2. The Balaban J connectivity index is 1.64. The van der Waals surface area contributed by atoms with E-state index in [9.17, 15) is 19.8 Å². The van der Waals surface area contributed by atoms with E-state index < -0.39 is 29.5 Å². The van der Waals surface area contributed by atoms with Crippen molar-refractivity contribution in [2.75, 3.05) is 6.61 Å². The van der Waals surface area contributed by atoms with Gasteiger partial charge in [-0.25, -0.2) is 0 Å². The van der Waals surface area contributed by atoms with Gasteiger partial charge in [-0.3, -0.25) is 20.0 Å². The van der Waals surface area contributed by atoms with Gasteiger partial charge < -0.3 is 24.4 Å². The summed E-state index contributed by atoms with van der Waals surface area (Å²) >= 11 is 0. The van der Waals surface area contributed by atoms with Crippen LogP contribution in [0.1, 0.15) is 46.2 Å². The maximum absolute atomic E-state index is 12.8. The van der Waals surface area contributed by atoms with E-state index in [1.165, 1.54) is 15.7 Å². The van der Waals surface area contributed by atoms with E-state index in [1.54, 1.807) is 0 Å². The van der Waals surface area contributed by atoms with Gasteiger partial charge in [0.2, 0.25) is 5.43 Å². The van der Waals surface area contributed by atoms with E-state index >= 15 is 0 Å². The maximum atomic E-state index is 12.8. The molecule has 1 unspecified atom stereocenters. The molecular formula is C18H23N5O5. The fraction of sp³-hybridized carbons (Fsp3) is 0.500. The Kier molecular flexibility index (Phi) is 4.48. The van der Waals surface area contributed by atoms with Crippen LogP contribution in [-0.2, 0) is 17.8 Å². The van der Waals surface area contributed by atoms with Gasteiger partial charge in [0.05, 0.1) is 30.5 Å². The first kappa shape index (κ1) is 18.7. The van der Waals surface area contributed by atoms with E-state index in [0.717, 1.165) is 17.0 Å². The van der Waals surface area contributed by atoms with Gasteiger partial charge in [-0.15, -0.1) is 0 Å².